The number of carbonyl (C=O) groups excluding carboxylic acids is 8. The van der Waals surface area contributed by atoms with Crippen LogP contribution in [0.4, 0.5) is 0 Å². The number of imide groups is 2. The van der Waals surface area contributed by atoms with Crippen molar-refractivity contribution in [3.8, 4) is 0 Å². The minimum absolute atomic E-state index is 0.0235. The van der Waals surface area contributed by atoms with Crippen LogP contribution >= 0.6 is 0 Å². The molecular weight excluding hydrogens is 933 g/mol. The average Bonchev–Trinajstić information content (AvgIpc) is 4.30. The van der Waals surface area contributed by atoms with Gasteiger partial charge in [-0.25, -0.2) is 19.6 Å². The van der Waals surface area contributed by atoms with Crippen LogP contribution in [0.1, 0.15) is 33.6 Å². The molecule has 14 rings (SSSR count). The van der Waals surface area contributed by atoms with Crippen LogP contribution in [0.15, 0.2) is 97.1 Å². The number of para-hydroxylation sites is 4. The number of aromatic nitrogens is 2. The number of carbonyl (C=O) groups is 8. The van der Waals surface area contributed by atoms with Crippen molar-refractivity contribution >= 4 is 91.0 Å². The number of pyridine rings is 2. The Morgan fingerprint density at radius 2 is 0.890 bits per heavy atom. The van der Waals surface area contributed by atoms with Gasteiger partial charge in [-0.2, -0.15) is 0 Å². The maximum atomic E-state index is 14.7. The number of rotatable bonds is 10. The molecule has 4 saturated carbocycles. The van der Waals surface area contributed by atoms with Crippen LogP contribution in [0.3, 0.4) is 0 Å². The maximum Gasteiger partial charge on any atom is 0.338 e. The second-order valence-corrected chi connectivity index (χ2v) is 21.3. The molecule has 8 aliphatic rings. The topological polar surface area (TPSA) is 221 Å². The number of nitrogens with one attached hydrogen (secondary N) is 2. The van der Waals surface area contributed by atoms with Crippen molar-refractivity contribution in [2.45, 2.75) is 24.0 Å². The SMILES string of the molecule is COC(=O)C12OC(C(=O)OC)(C3C4CC(C5C(=O)N(CCNC(=O)c6cccc7cc8ccccc8nc67)C(=O)C45)C31)C1C3CC(C4C(=O)N(CCNC(=O)c5cccc6cc7ccccc7nc56)C(=O)C34)C12. The summed E-state index contributed by atoms with van der Waals surface area (Å²) < 4.78 is 18.2. The molecule has 0 spiro atoms. The van der Waals surface area contributed by atoms with Crippen molar-refractivity contribution in [2.75, 3.05) is 40.4 Å². The monoisotopic (exact) mass is 980 g/mol. The Hall–Kier alpha value is -7.66. The average molecular weight is 981 g/mol. The Labute approximate surface area is 416 Å². The third-order valence-corrected chi connectivity index (χ3v) is 18.7. The van der Waals surface area contributed by atoms with Gasteiger partial charge in [0.05, 0.1) is 71.1 Å². The van der Waals surface area contributed by atoms with Crippen LogP contribution in [-0.2, 0) is 43.0 Å². The summed E-state index contributed by atoms with van der Waals surface area (Å²) in [6.45, 7) is -0.226. The van der Waals surface area contributed by atoms with Crippen LogP contribution in [0.5, 0.6) is 0 Å². The van der Waals surface area contributed by atoms with E-state index < -0.39 is 130 Å². The van der Waals surface area contributed by atoms with Gasteiger partial charge in [-0.3, -0.25) is 38.6 Å². The zero-order chi connectivity index (χ0) is 50.0. The molecule has 4 aliphatic heterocycles. The molecule has 17 nitrogen and oxygen atoms in total. The molecule has 8 fully saturated rings. The van der Waals surface area contributed by atoms with Crippen molar-refractivity contribution in [3.63, 3.8) is 0 Å². The number of methoxy groups -OCH3 is 2. The van der Waals surface area contributed by atoms with Gasteiger partial charge in [0.1, 0.15) is 0 Å². The summed E-state index contributed by atoms with van der Waals surface area (Å²) in [7, 11) is 2.50. The van der Waals surface area contributed by atoms with Crippen LogP contribution < -0.4 is 10.6 Å². The Bertz CT molecular complexity index is 3250. The standard InChI is InChI=1S/C56H48N6O11/c1-71-53(69)55-41-31-23-33(39-37(31)49(65)61(51(39)67)19-17-57-47(63)29-13-7-11-27-21-25-9-3-5-15-35(25)59-45(27)29)43(41)56(73-55,54(70)72-2)44-34-24-32(42(44)55)38-40(34)52(68)62(50(38)66)20-18-58-48(64)30-14-8-12-28-22-26-10-4-6-16-36(26)60-46(28)30/h3-16,21-22,31-34,37-44H,17-20,23-24H2,1-2H3,(H,57,63)(H,58,64). The fourth-order valence-corrected chi connectivity index (χ4v) is 16.6. The Balaban J connectivity index is 0.718. The van der Waals surface area contributed by atoms with E-state index in [1.165, 1.54) is 24.0 Å². The second kappa shape index (κ2) is 15.4. The van der Waals surface area contributed by atoms with Gasteiger partial charge < -0.3 is 24.8 Å². The second-order valence-electron chi connectivity index (χ2n) is 21.3. The summed E-state index contributed by atoms with van der Waals surface area (Å²) >= 11 is 0. The third kappa shape index (κ3) is 5.55. The fourth-order valence-electron chi connectivity index (χ4n) is 16.6. The van der Waals surface area contributed by atoms with Gasteiger partial charge in [0.15, 0.2) is 11.2 Å². The summed E-state index contributed by atoms with van der Waals surface area (Å²) in [5.74, 6) is -12.2. The first-order valence-corrected chi connectivity index (χ1v) is 25.1. The molecule has 4 aliphatic carbocycles. The molecule has 73 heavy (non-hydrogen) atoms. The number of likely N-dealkylation sites (tertiary alicyclic amines) is 2. The number of hydrogen-bond acceptors (Lipinski definition) is 13. The van der Waals surface area contributed by atoms with E-state index in [0.717, 1.165) is 32.6 Å². The van der Waals surface area contributed by atoms with Crippen molar-refractivity contribution < 1.29 is 52.6 Å². The predicted octanol–water partition coefficient (Wildman–Crippen LogP) is 4.08. The molecule has 6 heterocycles. The van der Waals surface area contributed by atoms with Gasteiger partial charge in [0.2, 0.25) is 23.6 Å². The quantitative estimate of drug-likeness (QED) is 0.112. The number of hydrogen-bond donors (Lipinski definition) is 2. The maximum absolute atomic E-state index is 14.7. The van der Waals surface area contributed by atoms with Gasteiger partial charge in [-0.15, -0.1) is 0 Å². The van der Waals surface area contributed by atoms with Crippen molar-refractivity contribution in [1.82, 2.24) is 30.4 Å². The van der Waals surface area contributed by atoms with Gasteiger partial charge >= 0.3 is 11.9 Å². The van der Waals surface area contributed by atoms with E-state index >= 15 is 0 Å². The van der Waals surface area contributed by atoms with E-state index in [9.17, 15) is 38.4 Å². The lowest BCUT2D eigenvalue weighted by molar-refractivity contribution is -0.188. The molecule has 6 bridgehead atoms. The highest BCUT2D eigenvalue weighted by Gasteiger charge is 2.93. The molecule has 4 saturated heterocycles. The van der Waals surface area contributed by atoms with E-state index in [2.05, 4.69) is 10.6 Å². The highest BCUT2D eigenvalue weighted by Crippen LogP contribution is 2.83. The molecule has 12 atom stereocenters. The molecule has 2 N–H and O–H groups in total. The normalized spacial score (nSPS) is 33.8. The third-order valence-electron chi connectivity index (χ3n) is 18.7. The number of amides is 6. The minimum Gasteiger partial charge on any atom is -0.467 e. The Morgan fingerprint density at radius 3 is 1.26 bits per heavy atom. The lowest BCUT2D eigenvalue weighted by atomic mass is 9.47. The first-order chi connectivity index (χ1) is 35.4. The lowest BCUT2D eigenvalue weighted by Crippen LogP contribution is -2.64. The molecule has 4 aromatic carbocycles. The van der Waals surface area contributed by atoms with Gasteiger partial charge in [-0.1, -0.05) is 60.7 Å². The summed E-state index contributed by atoms with van der Waals surface area (Å²) in [5, 5.41) is 9.24. The smallest absolute Gasteiger partial charge is 0.338 e. The Morgan fingerprint density at radius 1 is 0.534 bits per heavy atom. The molecule has 6 amide bonds. The lowest BCUT2D eigenvalue weighted by Gasteiger charge is -2.51. The van der Waals surface area contributed by atoms with Crippen LogP contribution in [-0.4, -0.2) is 119 Å². The van der Waals surface area contributed by atoms with E-state index in [1.54, 1.807) is 24.3 Å². The van der Waals surface area contributed by atoms with Crippen LogP contribution in [0.2, 0.25) is 0 Å². The van der Waals surface area contributed by atoms with Gasteiger partial charge in [0, 0.05) is 71.4 Å². The number of esters is 2. The number of ether oxygens (including phenoxy) is 3. The van der Waals surface area contributed by atoms with Crippen molar-refractivity contribution in [2.24, 2.45) is 71.0 Å². The molecule has 17 heteroatoms. The van der Waals surface area contributed by atoms with E-state index in [-0.39, 0.29) is 26.2 Å². The number of benzene rings is 4. The zero-order valence-electron chi connectivity index (χ0n) is 39.7. The van der Waals surface area contributed by atoms with Crippen LogP contribution in [0, 0.1) is 71.0 Å². The molecular formula is C56H48N6O11. The van der Waals surface area contributed by atoms with Crippen LogP contribution in [0.25, 0.3) is 43.6 Å². The highest BCUT2D eigenvalue weighted by molar-refractivity contribution is 6.11. The highest BCUT2D eigenvalue weighted by atomic mass is 16.6. The van der Waals surface area contributed by atoms with E-state index in [4.69, 9.17) is 24.2 Å². The zero-order valence-corrected chi connectivity index (χ0v) is 39.7. The Kier molecular flexibility index (Phi) is 9.32. The molecule has 2 aromatic heterocycles. The first-order valence-electron chi connectivity index (χ1n) is 25.1. The van der Waals surface area contributed by atoms with Crippen molar-refractivity contribution in [3.05, 3.63) is 108 Å². The summed E-state index contributed by atoms with van der Waals surface area (Å²) in [6, 6.07) is 29.9. The largest absolute Gasteiger partial charge is 0.467 e. The van der Waals surface area contributed by atoms with E-state index in [1.807, 2.05) is 72.8 Å². The molecule has 12 unspecified atom stereocenters. The first kappa shape index (κ1) is 44.1. The van der Waals surface area contributed by atoms with E-state index in [0.29, 0.717) is 35.0 Å². The van der Waals surface area contributed by atoms with Gasteiger partial charge in [0.25, 0.3) is 11.8 Å². The molecule has 0 radical (unpaired) electrons. The fraction of sp³-hybridized carbons (Fsp3) is 0.393. The molecule has 368 valence electrons. The summed E-state index contributed by atoms with van der Waals surface area (Å²) in [4.78, 5) is 127. The number of nitrogens with zero attached hydrogens (tertiary/aromatic N) is 4. The van der Waals surface area contributed by atoms with Crippen molar-refractivity contribution in [1.29, 1.82) is 0 Å². The predicted molar refractivity (Wildman–Crippen MR) is 258 cm³/mol. The summed E-state index contributed by atoms with van der Waals surface area (Å²) in [6.07, 6.45) is 0.779. The molecule has 6 aromatic rings. The number of fused-ring (bicyclic) bond motifs is 26. The minimum atomic E-state index is -1.77. The van der Waals surface area contributed by atoms with Gasteiger partial charge in [-0.05, 0) is 72.9 Å². The summed E-state index contributed by atoms with van der Waals surface area (Å²) in [5.41, 5.74) is -0.285.